The first-order valence-electron chi connectivity index (χ1n) is 9.34. The molecule has 0 heterocycles. The SMILES string of the molecule is CCCCCCCCCCCC(=O)C(N)CN(CCO)CC(=O)O.[NaH]. The number of rotatable bonds is 17. The maximum atomic E-state index is 12.0. The van der Waals surface area contributed by atoms with Gasteiger partial charge in [0.1, 0.15) is 0 Å². The minimum atomic E-state index is -0.984. The molecule has 0 aromatic carbocycles. The van der Waals surface area contributed by atoms with Crippen molar-refractivity contribution in [2.24, 2.45) is 5.73 Å². The maximum absolute atomic E-state index is 12.0. The van der Waals surface area contributed by atoms with Gasteiger partial charge in [-0.05, 0) is 6.42 Å². The molecular weight excluding hydrogens is 331 g/mol. The zero-order chi connectivity index (χ0) is 18.2. The second kappa shape index (κ2) is 18.8. The van der Waals surface area contributed by atoms with Crippen molar-refractivity contribution in [3.8, 4) is 0 Å². The van der Waals surface area contributed by atoms with Crippen LogP contribution >= 0.6 is 0 Å². The Morgan fingerprint density at radius 3 is 2.00 bits per heavy atom. The summed E-state index contributed by atoms with van der Waals surface area (Å²) in [4.78, 5) is 24.3. The molecule has 0 radical (unpaired) electrons. The Balaban J connectivity index is 0. The van der Waals surface area contributed by atoms with E-state index in [9.17, 15) is 9.59 Å². The summed E-state index contributed by atoms with van der Waals surface area (Å²) < 4.78 is 0. The van der Waals surface area contributed by atoms with Gasteiger partial charge in [-0.3, -0.25) is 14.5 Å². The number of nitrogens with two attached hydrogens (primary N) is 1. The van der Waals surface area contributed by atoms with E-state index in [1.165, 1.54) is 43.4 Å². The number of ketones is 1. The van der Waals surface area contributed by atoms with Crippen molar-refractivity contribution in [2.45, 2.75) is 77.2 Å². The Morgan fingerprint density at radius 2 is 1.52 bits per heavy atom. The van der Waals surface area contributed by atoms with E-state index in [0.717, 1.165) is 19.3 Å². The first kappa shape index (κ1) is 27.2. The second-order valence-corrected chi connectivity index (χ2v) is 6.50. The number of carboxylic acids is 1. The molecule has 0 amide bonds. The summed E-state index contributed by atoms with van der Waals surface area (Å²) in [7, 11) is 0. The molecule has 0 spiro atoms. The standard InChI is InChI=1S/C18H36N2O4.Na.H/c1-2-3-4-5-6-7-8-9-10-11-17(22)16(19)14-20(12-13-21)15-18(23)24;;/h16,21H,2-15,19H2,1H3,(H,23,24);;. The summed E-state index contributed by atoms with van der Waals surface area (Å²) in [6.45, 7) is 2.26. The Morgan fingerprint density at radius 1 is 1.00 bits per heavy atom. The van der Waals surface area contributed by atoms with E-state index < -0.39 is 12.0 Å². The van der Waals surface area contributed by atoms with Gasteiger partial charge in [0.25, 0.3) is 0 Å². The van der Waals surface area contributed by atoms with Crippen LogP contribution in [-0.4, -0.2) is 88.7 Å². The van der Waals surface area contributed by atoms with E-state index in [0.29, 0.717) is 6.42 Å². The normalized spacial score (nSPS) is 12.0. The number of carbonyl (C=O) groups is 2. The van der Waals surface area contributed by atoms with Gasteiger partial charge >= 0.3 is 35.5 Å². The molecule has 0 rings (SSSR count). The topological polar surface area (TPSA) is 104 Å². The van der Waals surface area contributed by atoms with Crippen LogP contribution in [-0.2, 0) is 9.59 Å². The Bertz CT molecular complexity index is 343. The van der Waals surface area contributed by atoms with Crippen LogP contribution in [0.15, 0.2) is 0 Å². The number of aliphatic hydroxyl groups excluding tert-OH is 1. The number of nitrogens with zero attached hydrogens (tertiary/aromatic N) is 1. The third kappa shape index (κ3) is 17.2. The van der Waals surface area contributed by atoms with Gasteiger partial charge in [-0.1, -0.05) is 58.3 Å². The number of carboxylic acid groups (broad SMARTS) is 1. The van der Waals surface area contributed by atoms with E-state index in [-0.39, 0.29) is 61.6 Å². The minimum absolute atomic E-state index is 0. The van der Waals surface area contributed by atoms with Gasteiger partial charge in [0.05, 0.1) is 19.2 Å². The van der Waals surface area contributed by atoms with Gasteiger partial charge in [0.15, 0.2) is 5.78 Å². The molecule has 0 saturated heterocycles. The number of Topliss-reactive ketones (excluding diaryl/α,β-unsaturated/α-hetero) is 1. The third-order valence-electron chi connectivity index (χ3n) is 4.17. The van der Waals surface area contributed by atoms with E-state index in [1.807, 2.05) is 0 Å². The summed E-state index contributed by atoms with van der Waals surface area (Å²) in [5, 5.41) is 17.7. The predicted octanol–water partition coefficient (Wildman–Crippen LogP) is 1.53. The van der Waals surface area contributed by atoms with Crippen LogP contribution in [0.3, 0.4) is 0 Å². The zero-order valence-corrected chi connectivity index (χ0v) is 15.2. The average molecular weight is 368 g/mol. The van der Waals surface area contributed by atoms with Crippen LogP contribution in [0.1, 0.15) is 71.1 Å². The Hall–Kier alpha value is 0.0200. The second-order valence-electron chi connectivity index (χ2n) is 6.50. The first-order chi connectivity index (χ1) is 11.5. The molecule has 0 bridgehead atoms. The summed E-state index contributed by atoms with van der Waals surface area (Å²) in [5.41, 5.74) is 5.87. The van der Waals surface area contributed by atoms with E-state index in [4.69, 9.17) is 15.9 Å². The van der Waals surface area contributed by atoms with E-state index >= 15 is 0 Å². The fourth-order valence-corrected chi connectivity index (χ4v) is 2.74. The molecule has 6 nitrogen and oxygen atoms in total. The Kier molecular flexibility index (Phi) is 20.5. The van der Waals surface area contributed by atoms with Crippen molar-refractivity contribution in [3.63, 3.8) is 0 Å². The van der Waals surface area contributed by atoms with Gasteiger partial charge < -0.3 is 15.9 Å². The quantitative estimate of drug-likeness (QED) is 0.266. The van der Waals surface area contributed by atoms with Crippen molar-refractivity contribution >= 4 is 41.3 Å². The van der Waals surface area contributed by atoms with Crippen molar-refractivity contribution in [1.82, 2.24) is 4.90 Å². The van der Waals surface area contributed by atoms with Crippen molar-refractivity contribution < 1.29 is 19.8 Å². The fourth-order valence-electron chi connectivity index (χ4n) is 2.74. The molecule has 7 heteroatoms. The van der Waals surface area contributed by atoms with Gasteiger partial charge in [-0.25, -0.2) is 0 Å². The van der Waals surface area contributed by atoms with Crippen molar-refractivity contribution in [2.75, 3.05) is 26.2 Å². The van der Waals surface area contributed by atoms with Crippen LogP contribution < -0.4 is 5.73 Å². The number of hydrogen-bond donors (Lipinski definition) is 3. The first-order valence-corrected chi connectivity index (χ1v) is 9.34. The number of hydrogen-bond acceptors (Lipinski definition) is 5. The van der Waals surface area contributed by atoms with Crippen LogP contribution in [0.5, 0.6) is 0 Å². The number of unbranched alkanes of at least 4 members (excludes halogenated alkanes) is 8. The number of carbonyl (C=O) groups excluding carboxylic acids is 1. The van der Waals surface area contributed by atoms with Crippen molar-refractivity contribution in [1.29, 1.82) is 0 Å². The Labute approximate surface area is 174 Å². The summed E-state index contributed by atoms with van der Waals surface area (Å²) >= 11 is 0. The molecule has 0 saturated carbocycles. The molecule has 1 unspecified atom stereocenters. The monoisotopic (exact) mass is 368 g/mol. The van der Waals surface area contributed by atoms with Gasteiger partial charge in [-0.15, -0.1) is 0 Å². The van der Waals surface area contributed by atoms with Gasteiger partial charge in [0, 0.05) is 19.5 Å². The molecule has 0 aliphatic rings. The fraction of sp³-hybridized carbons (Fsp3) is 0.889. The van der Waals surface area contributed by atoms with Gasteiger partial charge in [0.2, 0.25) is 0 Å². The molecule has 4 N–H and O–H groups in total. The summed E-state index contributed by atoms with van der Waals surface area (Å²) in [6, 6.07) is -0.676. The molecule has 0 aliphatic heterocycles. The van der Waals surface area contributed by atoms with E-state index in [1.54, 1.807) is 0 Å². The number of aliphatic carboxylic acids is 1. The molecule has 0 aliphatic carbocycles. The average Bonchev–Trinajstić information content (AvgIpc) is 2.52. The predicted molar refractivity (Wildman–Crippen MR) is 103 cm³/mol. The molecule has 1 atom stereocenters. The molecule has 25 heavy (non-hydrogen) atoms. The zero-order valence-electron chi connectivity index (χ0n) is 15.2. The third-order valence-corrected chi connectivity index (χ3v) is 4.17. The van der Waals surface area contributed by atoms with Crippen LogP contribution in [0.25, 0.3) is 0 Å². The van der Waals surface area contributed by atoms with E-state index in [2.05, 4.69) is 6.92 Å². The molecular formula is C18H37N2NaO4. The van der Waals surface area contributed by atoms with Gasteiger partial charge in [-0.2, -0.15) is 0 Å². The van der Waals surface area contributed by atoms with Crippen LogP contribution in [0.4, 0.5) is 0 Å². The van der Waals surface area contributed by atoms with Crippen molar-refractivity contribution in [3.05, 3.63) is 0 Å². The molecule has 0 aromatic rings. The van der Waals surface area contributed by atoms with Crippen LogP contribution in [0.2, 0.25) is 0 Å². The molecule has 144 valence electrons. The molecule has 0 aromatic heterocycles. The van der Waals surface area contributed by atoms with Crippen LogP contribution in [0, 0.1) is 0 Å². The molecule has 0 fully saturated rings. The summed E-state index contributed by atoms with van der Waals surface area (Å²) in [5.74, 6) is -1.01. The summed E-state index contributed by atoms with van der Waals surface area (Å²) in [6.07, 6.45) is 11.2. The number of aliphatic hydroxyl groups is 1.